The van der Waals surface area contributed by atoms with E-state index >= 15 is 0 Å². The van der Waals surface area contributed by atoms with Gasteiger partial charge in [0, 0.05) is 4.47 Å². The summed E-state index contributed by atoms with van der Waals surface area (Å²) in [5.74, 6) is 2.15. The molecule has 0 amide bonds. The molecule has 3 nitrogen and oxygen atoms in total. The maximum atomic E-state index is 11.9. The van der Waals surface area contributed by atoms with Gasteiger partial charge in [-0.25, -0.2) is 4.79 Å². The van der Waals surface area contributed by atoms with Gasteiger partial charge in [0.15, 0.2) is 0 Å². The third kappa shape index (κ3) is 3.86. The normalized spacial score (nSPS) is 11.7. The molecule has 0 saturated heterocycles. The van der Waals surface area contributed by atoms with E-state index in [1.54, 1.807) is 6.92 Å². The van der Waals surface area contributed by atoms with Crippen molar-refractivity contribution in [1.29, 1.82) is 0 Å². The van der Waals surface area contributed by atoms with E-state index in [0.29, 0.717) is 13.2 Å². The average Bonchev–Trinajstić information content (AvgIpc) is 2.34. The lowest BCUT2D eigenvalue weighted by Gasteiger charge is -2.17. The van der Waals surface area contributed by atoms with Crippen LogP contribution in [0.3, 0.4) is 0 Å². The van der Waals surface area contributed by atoms with E-state index in [2.05, 4.69) is 27.2 Å². The van der Waals surface area contributed by atoms with Crippen LogP contribution in [-0.4, -0.2) is 19.1 Å². The Morgan fingerprint density at radius 2 is 2.33 bits per heavy atom. The summed E-state index contributed by atoms with van der Waals surface area (Å²) in [5.41, 5.74) is 1.91. The first-order valence-electron chi connectivity index (χ1n) is 5.69. The fraction of sp³-hybridized carbons (Fsp3) is 0.357. The number of rotatable bonds is 5. The monoisotopic (exact) mass is 309 g/mol. The number of carbonyl (C=O) groups excluding carboxylic acids is 1. The van der Waals surface area contributed by atoms with Gasteiger partial charge in [0.05, 0.1) is 13.2 Å². The summed E-state index contributed by atoms with van der Waals surface area (Å²) in [6, 6.07) is 5.21. The highest BCUT2D eigenvalue weighted by atomic mass is 79.9. The Morgan fingerprint density at radius 1 is 1.61 bits per heavy atom. The van der Waals surface area contributed by atoms with Crippen molar-refractivity contribution >= 4 is 21.9 Å². The Hall–Kier alpha value is -1.31. The van der Waals surface area contributed by atoms with Crippen LogP contribution < -0.4 is 5.32 Å². The minimum Gasteiger partial charge on any atom is -0.465 e. The van der Waals surface area contributed by atoms with Gasteiger partial charge in [-0.3, -0.25) is 5.32 Å². The minimum absolute atomic E-state index is 0.311. The van der Waals surface area contributed by atoms with Crippen LogP contribution in [0.2, 0.25) is 0 Å². The van der Waals surface area contributed by atoms with Gasteiger partial charge in [-0.05, 0) is 31.0 Å². The smallest absolute Gasteiger partial charge is 0.327 e. The van der Waals surface area contributed by atoms with Crippen molar-refractivity contribution in [2.45, 2.75) is 19.9 Å². The molecule has 0 aromatic heterocycles. The van der Waals surface area contributed by atoms with E-state index in [1.807, 2.05) is 25.1 Å². The molecule has 0 heterocycles. The third-order valence-corrected chi connectivity index (χ3v) is 3.34. The molecule has 0 radical (unpaired) electrons. The lowest BCUT2D eigenvalue weighted by molar-refractivity contribution is -0.145. The van der Waals surface area contributed by atoms with Gasteiger partial charge >= 0.3 is 5.97 Å². The summed E-state index contributed by atoms with van der Waals surface area (Å²) >= 11 is 3.43. The molecule has 4 heteroatoms. The number of halogens is 1. The molecule has 0 fully saturated rings. The van der Waals surface area contributed by atoms with Gasteiger partial charge < -0.3 is 4.74 Å². The molecular weight excluding hydrogens is 294 g/mol. The zero-order valence-electron chi connectivity index (χ0n) is 10.5. The van der Waals surface area contributed by atoms with Crippen LogP contribution in [0.4, 0.5) is 0 Å². The molecule has 1 rings (SSSR count). The number of benzene rings is 1. The van der Waals surface area contributed by atoms with Crippen molar-refractivity contribution in [3.05, 3.63) is 33.8 Å². The van der Waals surface area contributed by atoms with Gasteiger partial charge in [0.2, 0.25) is 0 Å². The zero-order chi connectivity index (χ0) is 13.5. The number of carbonyl (C=O) groups is 1. The van der Waals surface area contributed by atoms with Crippen molar-refractivity contribution in [1.82, 2.24) is 5.32 Å². The maximum Gasteiger partial charge on any atom is 0.327 e. The van der Waals surface area contributed by atoms with Gasteiger partial charge in [-0.2, -0.15) is 0 Å². The van der Waals surface area contributed by atoms with Crippen LogP contribution in [0.15, 0.2) is 22.7 Å². The zero-order valence-corrected chi connectivity index (χ0v) is 12.1. The number of ether oxygens (including phenoxy) is 1. The lowest BCUT2D eigenvalue weighted by Crippen LogP contribution is -2.30. The first-order valence-corrected chi connectivity index (χ1v) is 6.49. The van der Waals surface area contributed by atoms with Crippen LogP contribution >= 0.6 is 15.9 Å². The summed E-state index contributed by atoms with van der Waals surface area (Å²) in [6.07, 6.45) is 5.21. The van der Waals surface area contributed by atoms with Crippen molar-refractivity contribution in [2.24, 2.45) is 0 Å². The topological polar surface area (TPSA) is 38.3 Å². The van der Waals surface area contributed by atoms with E-state index in [1.165, 1.54) is 0 Å². The molecule has 0 spiro atoms. The molecule has 0 aliphatic rings. The van der Waals surface area contributed by atoms with E-state index in [-0.39, 0.29) is 5.97 Å². The number of nitrogens with one attached hydrogen (secondary N) is 1. The second-order valence-corrected chi connectivity index (χ2v) is 4.63. The van der Waals surface area contributed by atoms with Crippen LogP contribution in [-0.2, 0) is 9.53 Å². The first kappa shape index (κ1) is 14.7. The minimum atomic E-state index is -0.521. The molecule has 1 atom stereocenters. The van der Waals surface area contributed by atoms with Gasteiger partial charge in [0.25, 0.3) is 0 Å². The molecule has 0 saturated carbocycles. The van der Waals surface area contributed by atoms with Crippen molar-refractivity contribution in [3.63, 3.8) is 0 Å². The van der Waals surface area contributed by atoms with Crippen LogP contribution in [0.1, 0.15) is 24.1 Å². The second-order valence-electron chi connectivity index (χ2n) is 3.78. The number of esters is 1. The number of terminal acetylenes is 1. The maximum absolute atomic E-state index is 11.9. The molecule has 0 bridgehead atoms. The highest BCUT2D eigenvalue weighted by Crippen LogP contribution is 2.22. The fourth-order valence-corrected chi connectivity index (χ4v) is 1.82. The van der Waals surface area contributed by atoms with Crippen LogP contribution in [0, 0.1) is 19.3 Å². The number of aryl methyl sites for hydroxylation is 1. The molecule has 1 N–H and O–H groups in total. The Balaban J connectivity index is 2.97. The summed E-state index contributed by atoms with van der Waals surface area (Å²) in [6.45, 7) is 4.42. The summed E-state index contributed by atoms with van der Waals surface area (Å²) in [4.78, 5) is 11.9. The van der Waals surface area contributed by atoms with E-state index in [9.17, 15) is 4.79 Å². The molecule has 0 aliphatic carbocycles. The Morgan fingerprint density at radius 3 is 2.89 bits per heavy atom. The Kier molecular flexibility index (Phi) is 5.90. The summed E-state index contributed by atoms with van der Waals surface area (Å²) in [7, 11) is 0. The van der Waals surface area contributed by atoms with E-state index in [4.69, 9.17) is 11.2 Å². The van der Waals surface area contributed by atoms with Gasteiger partial charge in [-0.1, -0.05) is 34.0 Å². The van der Waals surface area contributed by atoms with E-state index in [0.717, 1.165) is 15.6 Å². The van der Waals surface area contributed by atoms with Crippen LogP contribution in [0.25, 0.3) is 0 Å². The molecule has 1 unspecified atom stereocenters. The number of hydrogen-bond donors (Lipinski definition) is 1. The average molecular weight is 310 g/mol. The molecular formula is C14H16BrNO2. The highest BCUT2D eigenvalue weighted by Gasteiger charge is 2.21. The predicted molar refractivity (Wildman–Crippen MR) is 75.1 cm³/mol. The molecule has 18 heavy (non-hydrogen) atoms. The van der Waals surface area contributed by atoms with Crippen LogP contribution in [0.5, 0.6) is 0 Å². The summed E-state index contributed by atoms with van der Waals surface area (Å²) < 4.78 is 6.05. The molecule has 1 aromatic rings. The molecule has 96 valence electrons. The van der Waals surface area contributed by atoms with Gasteiger partial charge in [0.1, 0.15) is 6.04 Å². The van der Waals surface area contributed by atoms with Crippen molar-refractivity contribution < 1.29 is 9.53 Å². The van der Waals surface area contributed by atoms with Crippen molar-refractivity contribution in [2.75, 3.05) is 13.2 Å². The summed E-state index contributed by atoms with van der Waals surface area (Å²) in [5, 5.41) is 2.99. The lowest BCUT2D eigenvalue weighted by atomic mass is 10.0. The second kappa shape index (κ2) is 7.20. The number of hydrogen-bond acceptors (Lipinski definition) is 3. The molecule has 0 aliphatic heterocycles. The predicted octanol–water partition coefficient (Wildman–Crippen LogP) is 2.58. The standard InChI is InChI=1S/C14H16BrNO2/c1-4-8-16-13(14(17)18-5-2)11-6-7-12(15)10(3)9-11/h1,6-7,9,13,16H,5,8H2,2-3H3. The SMILES string of the molecule is C#CCNC(C(=O)OCC)c1ccc(Br)c(C)c1. The fourth-order valence-electron chi connectivity index (χ4n) is 1.57. The Bertz CT molecular complexity index is 465. The Labute approximate surface area is 116 Å². The highest BCUT2D eigenvalue weighted by molar-refractivity contribution is 9.10. The quantitative estimate of drug-likeness (QED) is 0.671. The molecule has 1 aromatic carbocycles. The van der Waals surface area contributed by atoms with E-state index < -0.39 is 6.04 Å². The largest absolute Gasteiger partial charge is 0.465 e. The third-order valence-electron chi connectivity index (χ3n) is 2.45. The van der Waals surface area contributed by atoms with Crippen molar-refractivity contribution in [3.8, 4) is 12.3 Å². The van der Waals surface area contributed by atoms with Gasteiger partial charge in [-0.15, -0.1) is 6.42 Å². The first-order chi connectivity index (χ1) is 8.60.